The summed E-state index contributed by atoms with van der Waals surface area (Å²) in [4.78, 5) is 50.7. The SMILES string of the molecule is Cc1ccccc1S(=O)(=O)NC(=O)c1ccc(S(=O)(=O)Nc2ccc(-c3ccccc3)n(CC(=O)NC(C(=O)C(F)(F)F)C(C)C)c2=O)cc1. The van der Waals surface area contributed by atoms with Gasteiger partial charge in [0.1, 0.15) is 12.2 Å². The van der Waals surface area contributed by atoms with Gasteiger partial charge in [-0.25, -0.2) is 21.6 Å². The number of amides is 2. The van der Waals surface area contributed by atoms with Gasteiger partial charge in [-0.3, -0.25) is 28.5 Å². The molecule has 0 aliphatic heterocycles. The first kappa shape index (κ1) is 37.5. The summed E-state index contributed by atoms with van der Waals surface area (Å²) in [6.45, 7) is 3.28. The molecule has 1 heterocycles. The fourth-order valence-corrected chi connectivity index (χ4v) is 7.11. The van der Waals surface area contributed by atoms with Crippen LogP contribution in [0.4, 0.5) is 18.9 Å². The van der Waals surface area contributed by atoms with E-state index < -0.39 is 78.5 Å². The smallest absolute Gasteiger partial charge is 0.344 e. The Bertz CT molecular complexity index is 2200. The van der Waals surface area contributed by atoms with Crippen LogP contribution in [0, 0.1) is 12.8 Å². The molecule has 12 nitrogen and oxygen atoms in total. The Morgan fingerprint density at radius 1 is 0.800 bits per heavy atom. The van der Waals surface area contributed by atoms with E-state index in [0.29, 0.717) is 11.1 Å². The summed E-state index contributed by atoms with van der Waals surface area (Å²) in [7, 11) is -8.77. The Labute approximate surface area is 285 Å². The minimum absolute atomic E-state index is 0.118. The van der Waals surface area contributed by atoms with Crippen LogP contribution in [-0.4, -0.2) is 51.2 Å². The van der Waals surface area contributed by atoms with Gasteiger partial charge >= 0.3 is 6.18 Å². The van der Waals surface area contributed by atoms with Crippen LogP contribution in [0.5, 0.6) is 0 Å². The number of nitrogens with one attached hydrogen (secondary N) is 3. The van der Waals surface area contributed by atoms with Crippen LogP contribution >= 0.6 is 0 Å². The van der Waals surface area contributed by atoms with E-state index in [1.165, 1.54) is 32.0 Å². The fraction of sp³-hybridized carbons (Fsp3) is 0.212. The summed E-state index contributed by atoms with van der Waals surface area (Å²) < 4.78 is 96.4. The highest BCUT2D eigenvalue weighted by molar-refractivity contribution is 7.92. The third-order valence-electron chi connectivity index (χ3n) is 7.37. The number of sulfonamides is 2. The number of carbonyl (C=O) groups excluding carboxylic acids is 3. The van der Waals surface area contributed by atoms with Gasteiger partial charge in [-0.2, -0.15) is 13.2 Å². The molecule has 4 aromatic rings. The van der Waals surface area contributed by atoms with Gasteiger partial charge in [0.05, 0.1) is 21.5 Å². The van der Waals surface area contributed by atoms with Crippen LogP contribution in [0.1, 0.15) is 29.8 Å². The number of alkyl halides is 3. The average Bonchev–Trinajstić information content (AvgIpc) is 3.05. The van der Waals surface area contributed by atoms with Gasteiger partial charge in [0.25, 0.3) is 37.3 Å². The number of halogens is 3. The lowest BCUT2D eigenvalue weighted by atomic mass is 9.99. The number of nitrogens with zero attached hydrogens (tertiary/aromatic N) is 1. The molecule has 50 heavy (non-hydrogen) atoms. The summed E-state index contributed by atoms with van der Waals surface area (Å²) in [5.74, 6) is -5.26. The lowest BCUT2D eigenvalue weighted by Crippen LogP contribution is -2.50. The van der Waals surface area contributed by atoms with Crippen molar-refractivity contribution in [2.24, 2.45) is 5.92 Å². The number of rotatable bonds is 12. The van der Waals surface area contributed by atoms with Crippen molar-refractivity contribution in [3.63, 3.8) is 0 Å². The molecule has 1 atom stereocenters. The molecule has 4 rings (SSSR count). The summed E-state index contributed by atoms with van der Waals surface area (Å²) in [6.07, 6.45) is -5.23. The molecule has 3 N–H and O–H groups in total. The first-order valence-corrected chi connectivity index (χ1v) is 17.7. The van der Waals surface area contributed by atoms with Gasteiger partial charge in [-0.1, -0.05) is 62.4 Å². The van der Waals surface area contributed by atoms with Crippen LogP contribution in [0.25, 0.3) is 11.3 Å². The number of anilines is 1. The fourth-order valence-electron chi connectivity index (χ4n) is 4.83. The maximum atomic E-state index is 13.6. The highest BCUT2D eigenvalue weighted by atomic mass is 32.2. The maximum Gasteiger partial charge on any atom is 0.452 e. The second-order valence-corrected chi connectivity index (χ2v) is 14.7. The Morgan fingerprint density at radius 2 is 1.40 bits per heavy atom. The van der Waals surface area contributed by atoms with E-state index in [-0.39, 0.29) is 16.2 Å². The molecule has 0 saturated heterocycles. The predicted octanol–water partition coefficient (Wildman–Crippen LogP) is 4.02. The molecule has 0 aliphatic carbocycles. The van der Waals surface area contributed by atoms with Crippen LogP contribution in [0.2, 0.25) is 0 Å². The van der Waals surface area contributed by atoms with E-state index in [1.807, 2.05) is 10.0 Å². The Hall–Kier alpha value is -5.29. The van der Waals surface area contributed by atoms with Crippen molar-refractivity contribution in [1.29, 1.82) is 0 Å². The maximum absolute atomic E-state index is 13.6. The molecule has 1 aromatic heterocycles. The van der Waals surface area contributed by atoms with E-state index >= 15 is 0 Å². The predicted molar refractivity (Wildman–Crippen MR) is 177 cm³/mol. The highest BCUT2D eigenvalue weighted by Gasteiger charge is 2.45. The quantitative estimate of drug-likeness (QED) is 0.196. The van der Waals surface area contributed by atoms with Crippen molar-refractivity contribution < 1.29 is 44.4 Å². The number of benzene rings is 3. The van der Waals surface area contributed by atoms with Crippen LogP contribution in [-0.2, 0) is 36.2 Å². The van der Waals surface area contributed by atoms with Crippen molar-refractivity contribution in [2.75, 3.05) is 4.72 Å². The molecule has 3 aromatic carbocycles. The number of aromatic nitrogens is 1. The molecule has 0 bridgehead atoms. The number of aryl methyl sites for hydroxylation is 1. The van der Waals surface area contributed by atoms with E-state index in [1.54, 1.807) is 49.4 Å². The summed E-state index contributed by atoms with van der Waals surface area (Å²) in [6, 6.07) is 18.7. The summed E-state index contributed by atoms with van der Waals surface area (Å²) >= 11 is 0. The number of carbonyl (C=O) groups is 3. The summed E-state index contributed by atoms with van der Waals surface area (Å²) in [5, 5.41) is 2.03. The van der Waals surface area contributed by atoms with Gasteiger partial charge in [-0.15, -0.1) is 0 Å². The monoisotopic (exact) mass is 732 g/mol. The minimum Gasteiger partial charge on any atom is -0.344 e. The number of ketones is 1. The van der Waals surface area contributed by atoms with Crippen molar-refractivity contribution in [3.8, 4) is 11.3 Å². The molecule has 264 valence electrons. The van der Waals surface area contributed by atoms with Crippen molar-refractivity contribution in [2.45, 2.75) is 49.3 Å². The van der Waals surface area contributed by atoms with Gasteiger partial charge in [-0.05, 0) is 66.4 Å². The van der Waals surface area contributed by atoms with E-state index in [2.05, 4.69) is 4.72 Å². The molecule has 1 unspecified atom stereocenters. The molecule has 0 radical (unpaired) electrons. The minimum atomic E-state index is -5.23. The number of Topliss-reactive ketones (excluding diaryl/α,β-unsaturated/α-hetero) is 1. The number of hydrogen-bond donors (Lipinski definition) is 3. The standard InChI is InChI=1S/C33H31F3N4O8S2/c1-20(2)29(30(42)33(34,35)36)37-28(41)19-40-26(22-10-5-4-6-11-22)18-17-25(32(40)44)38-49(45,46)24-15-13-23(14-16-24)31(43)39-50(47,48)27-12-8-7-9-21(27)3/h4-18,20,29,38H,19H2,1-3H3,(H,37,41)(H,39,43). The van der Waals surface area contributed by atoms with E-state index in [0.717, 1.165) is 34.9 Å². The Morgan fingerprint density at radius 3 is 1.98 bits per heavy atom. The number of pyridine rings is 1. The van der Waals surface area contributed by atoms with Crippen LogP contribution < -0.4 is 20.3 Å². The molecule has 0 saturated carbocycles. The topological polar surface area (TPSA) is 178 Å². The first-order chi connectivity index (χ1) is 23.3. The van der Waals surface area contributed by atoms with Crippen LogP contribution in [0.3, 0.4) is 0 Å². The molecule has 0 aliphatic rings. The van der Waals surface area contributed by atoms with E-state index in [4.69, 9.17) is 0 Å². The first-order valence-electron chi connectivity index (χ1n) is 14.8. The lowest BCUT2D eigenvalue weighted by molar-refractivity contribution is -0.174. The largest absolute Gasteiger partial charge is 0.452 e. The van der Waals surface area contributed by atoms with Crippen LogP contribution in [0.15, 0.2) is 106 Å². The second kappa shape index (κ2) is 14.7. The van der Waals surface area contributed by atoms with Gasteiger partial charge in [0.15, 0.2) is 0 Å². The van der Waals surface area contributed by atoms with Crippen molar-refractivity contribution >= 4 is 43.3 Å². The molecule has 17 heteroatoms. The second-order valence-electron chi connectivity index (χ2n) is 11.4. The third-order valence-corrected chi connectivity index (χ3v) is 10.2. The number of hydrogen-bond acceptors (Lipinski definition) is 8. The third kappa shape index (κ3) is 8.64. The average molecular weight is 733 g/mol. The van der Waals surface area contributed by atoms with Gasteiger partial charge < -0.3 is 5.32 Å². The molecular weight excluding hydrogens is 702 g/mol. The normalized spacial score (nSPS) is 12.6. The van der Waals surface area contributed by atoms with Crippen molar-refractivity contribution in [3.05, 3.63) is 112 Å². The van der Waals surface area contributed by atoms with Gasteiger partial charge in [0.2, 0.25) is 5.91 Å². The lowest BCUT2D eigenvalue weighted by Gasteiger charge is -2.23. The molecule has 0 fully saturated rings. The van der Waals surface area contributed by atoms with E-state index in [9.17, 15) is 49.2 Å². The van der Waals surface area contributed by atoms with Gasteiger partial charge in [0, 0.05) is 5.56 Å². The Balaban J connectivity index is 1.61. The summed E-state index contributed by atoms with van der Waals surface area (Å²) in [5.41, 5.74) is -0.829. The molecular formula is C33H31F3N4O8S2. The zero-order valence-electron chi connectivity index (χ0n) is 26.7. The molecule has 0 spiro atoms. The zero-order valence-corrected chi connectivity index (χ0v) is 28.3. The molecule has 2 amide bonds. The highest BCUT2D eigenvalue weighted by Crippen LogP contribution is 2.23. The Kier molecular flexibility index (Phi) is 11.0. The zero-order chi connectivity index (χ0) is 37.0. The van der Waals surface area contributed by atoms with Crippen molar-refractivity contribution in [1.82, 2.24) is 14.6 Å².